The van der Waals surface area contributed by atoms with Gasteiger partial charge in [0, 0.05) is 18.2 Å². The third kappa shape index (κ3) is 4.43. The lowest BCUT2D eigenvalue weighted by Crippen LogP contribution is -2.58. The van der Waals surface area contributed by atoms with Gasteiger partial charge in [0.2, 0.25) is 5.88 Å². The zero-order valence-corrected chi connectivity index (χ0v) is 20.7. The van der Waals surface area contributed by atoms with E-state index in [4.69, 9.17) is 15.2 Å². The van der Waals surface area contributed by atoms with Crippen molar-refractivity contribution < 1.29 is 27.8 Å². The van der Waals surface area contributed by atoms with E-state index in [1.807, 2.05) is 0 Å². The SMILES string of the molecule is NC(=O)c1cccnc1OC1CC2(CC(NC(=O)c3cnn4c(C5CC5)c(OC(CF)CF)ccc34)C2)C1. The van der Waals surface area contributed by atoms with E-state index in [9.17, 15) is 18.4 Å². The summed E-state index contributed by atoms with van der Waals surface area (Å²) in [7, 11) is 0. The molecule has 0 aromatic carbocycles. The molecule has 0 aliphatic heterocycles. The molecule has 9 nitrogen and oxygen atoms in total. The topological polar surface area (TPSA) is 121 Å². The maximum absolute atomic E-state index is 13.1. The Bertz CT molecular complexity index is 1370. The van der Waals surface area contributed by atoms with Crippen molar-refractivity contribution in [3.8, 4) is 11.6 Å². The van der Waals surface area contributed by atoms with Gasteiger partial charge in [-0.1, -0.05) is 0 Å². The number of amides is 2. The molecule has 3 saturated carbocycles. The number of primary amides is 1. The molecule has 1 spiro atoms. The third-order valence-electron chi connectivity index (χ3n) is 7.86. The Morgan fingerprint density at radius 2 is 1.89 bits per heavy atom. The number of carbonyl (C=O) groups is 2. The standard InChI is InChI=1S/C27H29F2N5O4/c28-12-18(13-29)37-22-6-5-21-20(14-32-34(21)23(22)15-3-4-15)25(36)33-16-8-27(9-16)10-17(11-27)38-26-19(24(30)35)2-1-7-31-26/h1-2,5-7,14-18H,3-4,8-13H2,(H2,30,35)(H,33,36). The van der Waals surface area contributed by atoms with Gasteiger partial charge in [0.15, 0.2) is 6.10 Å². The predicted octanol–water partition coefficient (Wildman–Crippen LogP) is 3.51. The number of nitrogens with zero attached hydrogens (tertiary/aromatic N) is 3. The fourth-order valence-electron chi connectivity index (χ4n) is 5.85. The van der Waals surface area contributed by atoms with Crippen LogP contribution in [0.25, 0.3) is 5.52 Å². The van der Waals surface area contributed by atoms with Crippen LogP contribution in [-0.2, 0) is 0 Å². The highest BCUT2D eigenvalue weighted by Gasteiger charge is 2.54. The van der Waals surface area contributed by atoms with Crippen LogP contribution in [0.4, 0.5) is 8.78 Å². The number of pyridine rings is 2. The zero-order valence-electron chi connectivity index (χ0n) is 20.7. The number of carbonyl (C=O) groups excluding carboxylic acids is 2. The summed E-state index contributed by atoms with van der Waals surface area (Å²) in [6, 6.07) is 6.69. The van der Waals surface area contributed by atoms with Crippen LogP contribution in [-0.4, -0.2) is 58.0 Å². The molecule has 3 aromatic rings. The van der Waals surface area contributed by atoms with Gasteiger partial charge in [-0.2, -0.15) is 5.10 Å². The minimum absolute atomic E-state index is 0.0362. The molecule has 3 aromatic heterocycles. The first kappa shape index (κ1) is 24.6. The van der Waals surface area contributed by atoms with Crippen LogP contribution in [0.1, 0.15) is 70.9 Å². The van der Waals surface area contributed by atoms with Gasteiger partial charge in [0.25, 0.3) is 11.8 Å². The van der Waals surface area contributed by atoms with Gasteiger partial charge >= 0.3 is 0 Å². The highest BCUT2D eigenvalue weighted by Crippen LogP contribution is 2.57. The normalized spacial score (nSPS) is 24.2. The van der Waals surface area contributed by atoms with Crippen molar-refractivity contribution in [3.63, 3.8) is 0 Å². The number of hydrogen-bond donors (Lipinski definition) is 2. The molecule has 200 valence electrons. The average molecular weight is 526 g/mol. The van der Waals surface area contributed by atoms with Gasteiger partial charge < -0.3 is 20.5 Å². The van der Waals surface area contributed by atoms with Crippen LogP contribution in [0, 0.1) is 5.41 Å². The summed E-state index contributed by atoms with van der Waals surface area (Å²) < 4.78 is 39.3. The van der Waals surface area contributed by atoms with Gasteiger partial charge in [0.05, 0.1) is 23.0 Å². The fourth-order valence-corrected chi connectivity index (χ4v) is 5.85. The Labute approximate surface area is 217 Å². The molecule has 6 rings (SSSR count). The molecule has 11 heteroatoms. The molecule has 0 unspecified atom stereocenters. The average Bonchev–Trinajstić information content (AvgIpc) is 3.62. The van der Waals surface area contributed by atoms with E-state index < -0.39 is 25.4 Å². The van der Waals surface area contributed by atoms with E-state index in [2.05, 4.69) is 15.4 Å². The second-order valence-electron chi connectivity index (χ2n) is 10.7. The van der Waals surface area contributed by atoms with Gasteiger partial charge in [-0.3, -0.25) is 9.59 Å². The number of ether oxygens (including phenoxy) is 2. The number of nitrogens with two attached hydrogens (primary N) is 1. The number of hydrogen-bond acceptors (Lipinski definition) is 6. The summed E-state index contributed by atoms with van der Waals surface area (Å²) in [6.07, 6.45) is 7.14. The Hall–Kier alpha value is -3.76. The van der Waals surface area contributed by atoms with Crippen molar-refractivity contribution in [3.05, 3.63) is 53.5 Å². The molecular weight excluding hydrogens is 496 g/mol. The van der Waals surface area contributed by atoms with Gasteiger partial charge in [-0.25, -0.2) is 18.3 Å². The summed E-state index contributed by atoms with van der Waals surface area (Å²) >= 11 is 0. The first-order valence-electron chi connectivity index (χ1n) is 12.9. The maximum atomic E-state index is 13.1. The molecule has 3 aliphatic rings. The Kier molecular flexibility index (Phi) is 6.16. The van der Waals surface area contributed by atoms with Crippen LogP contribution in [0.2, 0.25) is 0 Å². The van der Waals surface area contributed by atoms with Crippen LogP contribution in [0.15, 0.2) is 36.7 Å². The van der Waals surface area contributed by atoms with Crippen molar-refractivity contribution in [1.82, 2.24) is 19.9 Å². The summed E-state index contributed by atoms with van der Waals surface area (Å²) in [4.78, 5) is 28.9. The molecule has 0 saturated heterocycles. The first-order chi connectivity index (χ1) is 18.4. The highest BCUT2D eigenvalue weighted by molar-refractivity contribution is 6.01. The van der Waals surface area contributed by atoms with Crippen LogP contribution < -0.4 is 20.5 Å². The monoisotopic (exact) mass is 525 g/mol. The maximum Gasteiger partial charge on any atom is 0.255 e. The van der Waals surface area contributed by atoms with Crippen molar-refractivity contribution in [2.24, 2.45) is 11.1 Å². The molecule has 3 fully saturated rings. The molecule has 3 heterocycles. The quantitative estimate of drug-likeness (QED) is 0.418. The van der Waals surface area contributed by atoms with E-state index >= 15 is 0 Å². The minimum atomic E-state index is -1.15. The summed E-state index contributed by atoms with van der Waals surface area (Å²) in [5.41, 5.74) is 7.65. The van der Waals surface area contributed by atoms with Crippen molar-refractivity contribution in [1.29, 1.82) is 0 Å². The van der Waals surface area contributed by atoms with Crippen LogP contribution >= 0.6 is 0 Å². The second-order valence-corrected chi connectivity index (χ2v) is 10.7. The van der Waals surface area contributed by atoms with E-state index in [-0.39, 0.29) is 40.8 Å². The first-order valence-corrected chi connectivity index (χ1v) is 12.9. The molecule has 0 radical (unpaired) electrons. The number of halogens is 2. The number of alkyl halides is 2. The summed E-state index contributed by atoms with van der Waals surface area (Å²) in [5, 5.41) is 7.55. The van der Waals surface area contributed by atoms with Gasteiger partial charge in [-0.05, 0) is 68.2 Å². The largest absolute Gasteiger partial charge is 0.483 e. The van der Waals surface area contributed by atoms with Crippen molar-refractivity contribution >= 4 is 17.3 Å². The number of aromatic nitrogens is 3. The van der Waals surface area contributed by atoms with E-state index in [0.29, 0.717) is 16.8 Å². The fraction of sp³-hybridized carbons (Fsp3) is 0.481. The van der Waals surface area contributed by atoms with Crippen LogP contribution in [0.5, 0.6) is 11.6 Å². The molecule has 3 aliphatic carbocycles. The zero-order chi connectivity index (χ0) is 26.4. The smallest absolute Gasteiger partial charge is 0.255 e. The molecule has 3 N–H and O–H groups in total. The third-order valence-corrected chi connectivity index (χ3v) is 7.86. The minimum Gasteiger partial charge on any atom is -0.483 e. The Morgan fingerprint density at radius 1 is 1.13 bits per heavy atom. The lowest BCUT2D eigenvalue weighted by molar-refractivity contribution is -0.0848. The lowest BCUT2D eigenvalue weighted by Gasteiger charge is -2.57. The predicted molar refractivity (Wildman–Crippen MR) is 133 cm³/mol. The number of nitrogens with one attached hydrogen (secondary N) is 1. The van der Waals surface area contributed by atoms with Gasteiger partial charge in [-0.15, -0.1) is 0 Å². The number of fused-ring (bicyclic) bond motifs is 1. The van der Waals surface area contributed by atoms with Crippen LogP contribution in [0.3, 0.4) is 0 Å². The molecular formula is C27H29F2N5O4. The molecule has 38 heavy (non-hydrogen) atoms. The summed E-state index contributed by atoms with van der Waals surface area (Å²) in [5.74, 6) is 0.0907. The molecule has 0 atom stereocenters. The lowest BCUT2D eigenvalue weighted by atomic mass is 9.53. The molecule has 2 amide bonds. The van der Waals surface area contributed by atoms with E-state index in [1.165, 1.54) is 6.20 Å². The second kappa shape index (κ2) is 9.52. The Balaban J connectivity index is 1.08. The van der Waals surface area contributed by atoms with E-state index in [0.717, 1.165) is 44.2 Å². The number of rotatable bonds is 10. The van der Waals surface area contributed by atoms with Gasteiger partial charge in [0.1, 0.15) is 30.8 Å². The van der Waals surface area contributed by atoms with Crippen molar-refractivity contribution in [2.75, 3.05) is 13.3 Å². The Morgan fingerprint density at radius 3 is 2.58 bits per heavy atom. The summed E-state index contributed by atoms with van der Waals surface area (Å²) in [6.45, 7) is -1.84. The van der Waals surface area contributed by atoms with Crippen molar-refractivity contribution in [2.45, 2.75) is 62.7 Å². The molecule has 0 bridgehead atoms. The van der Waals surface area contributed by atoms with E-state index in [1.54, 1.807) is 35.0 Å². The highest BCUT2D eigenvalue weighted by atomic mass is 19.1.